The van der Waals surface area contributed by atoms with Crippen LogP contribution >= 0.6 is 0 Å². The fraction of sp³-hybridized carbons (Fsp3) is 0.875. The van der Waals surface area contributed by atoms with Gasteiger partial charge in [0.2, 0.25) is 5.91 Å². The number of amidine groups is 1. The molecule has 0 saturated heterocycles. The molecule has 0 heterocycles. The third kappa shape index (κ3) is 5.56. The highest BCUT2D eigenvalue weighted by Gasteiger charge is 2.29. The van der Waals surface area contributed by atoms with E-state index in [0.717, 1.165) is 18.8 Å². The maximum Gasteiger partial charge on any atom is 0.225 e. The summed E-state index contributed by atoms with van der Waals surface area (Å²) in [5.41, 5.74) is 5.52. The number of hydrogen-bond donors (Lipinski definition) is 2. The Balaban J connectivity index is 2.42. The standard InChI is InChI=1S/C16H31N3O2/c1-4-5-6-13-7-9-14(10-8-13)16(20)19(3)12(2)11-15(17)18-21/h12-14,21H,4-11H2,1-3H3,(H2,17,18). The molecule has 0 aromatic heterocycles. The highest BCUT2D eigenvalue weighted by molar-refractivity contribution is 5.82. The van der Waals surface area contributed by atoms with Gasteiger partial charge in [0.25, 0.3) is 0 Å². The lowest BCUT2D eigenvalue weighted by atomic mass is 9.79. The van der Waals surface area contributed by atoms with Gasteiger partial charge in [-0.05, 0) is 38.5 Å². The average molecular weight is 297 g/mol. The van der Waals surface area contributed by atoms with Crippen LogP contribution < -0.4 is 5.73 Å². The number of unbranched alkanes of at least 4 members (excludes halogenated alkanes) is 1. The van der Waals surface area contributed by atoms with Crippen LogP contribution in [0.1, 0.15) is 65.2 Å². The molecule has 1 fully saturated rings. The first-order valence-corrected chi connectivity index (χ1v) is 8.22. The number of oxime groups is 1. The van der Waals surface area contributed by atoms with Crippen molar-refractivity contribution in [2.24, 2.45) is 22.7 Å². The zero-order valence-electron chi connectivity index (χ0n) is 13.7. The molecule has 1 unspecified atom stereocenters. The lowest BCUT2D eigenvalue weighted by molar-refractivity contribution is -0.137. The smallest absolute Gasteiger partial charge is 0.225 e. The SMILES string of the molecule is CCCCC1CCC(C(=O)N(C)C(C)CC(N)=NO)CC1. The summed E-state index contributed by atoms with van der Waals surface area (Å²) < 4.78 is 0. The summed E-state index contributed by atoms with van der Waals surface area (Å²) in [6.07, 6.45) is 8.66. The maximum atomic E-state index is 12.5. The Hall–Kier alpha value is -1.26. The van der Waals surface area contributed by atoms with E-state index in [4.69, 9.17) is 10.9 Å². The largest absolute Gasteiger partial charge is 0.409 e. The normalized spacial score (nSPS) is 24.6. The van der Waals surface area contributed by atoms with Gasteiger partial charge in [0, 0.05) is 25.4 Å². The Morgan fingerprint density at radius 2 is 2.00 bits per heavy atom. The molecule has 1 aliphatic rings. The van der Waals surface area contributed by atoms with Gasteiger partial charge in [-0.25, -0.2) is 0 Å². The van der Waals surface area contributed by atoms with Gasteiger partial charge in [-0.15, -0.1) is 0 Å². The zero-order chi connectivity index (χ0) is 15.8. The van der Waals surface area contributed by atoms with Crippen molar-refractivity contribution < 1.29 is 10.0 Å². The van der Waals surface area contributed by atoms with Crippen LogP contribution in [-0.2, 0) is 4.79 Å². The second-order valence-corrected chi connectivity index (χ2v) is 6.45. The minimum absolute atomic E-state index is 0.0359. The fourth-order valence-electron chi connectivity index (χ4n) is 3.18. The van der Waals surface area contributed by atoms with Crippen LogP contribution in [0.5, 0.6) is 0 Å². The second-order valence-electron chi connectivity index (χ2n) is 6.45. The number of nitrogens with zero attached hydrogens (tertiary/aromatic N) is 2. The Labute approximate surface area is 128 Å². The summed E-state index contributed by atoms with van der Waals surface area (Å²) in [5, 5.41) is 11.6. The Morgan fingerprint density at radius 3 is 2.52 bits per heavy atom. The highest BCUT2D eigenvalue weighted by Crippen LogP contribution is 2.33. The maximum absolute atomic E-state index is 12.5. The molecular weight excluding hydrogens is 266 g/mol. The predicted molar refractivity (Wildman–Crippen MR) is 85.2 cm³/mol. The average Bonchev–Trinajstić information content (AvgIpc) is 2.51. The van der Waals surface area contributed by atoms with E-state index in [1.54, 1.807) is 4.90 Å². The quantitative estimate of drug-likeness (QED) is 0.328. The number of carbonyl (C=O) groups excluding carboxylic acids is 1. The molecule has 21 heavy (non-hydrogen) atoms. The molecule has 0 radical (unpaired) electrons. The Morgan fingerprint density at radius 1 is 1.38 bits per heavy atom. The van der Waals surface area contributed by atoms with E-state index < -0.39 is 0 Å². The summed E-state index contributed by atoms with van der Waals surface area (Å²) in [6.45, 7) is 4.16. The number of rotatable bonds is 7. The molecule has 0 bridgehead atoms. The number of nitrogens with two attached hydrogens (primary N) is 1. The minimum Gasteiger partial charge on any atom is -0.409 e. The van der Waals surface area contributed by atoms with E-state index in [9.17, 15) is 4.79 Å². The van der Waals surface area contributed by atoms with Crippen molar-refractivity contribution in [2.45, 2.75) is 71.3 Å². The van der Waals surface area contributed by atoms with E-state index in [1.165, 1.54) is 32.1 Å². The predicted octanol–water partition coefficient (Wildman–Crippen LogP) is 2.97. The third-order valence-electron chi connectivity index (χ3n) is 4.80. The van der Waals surface area contributed by atoms with Crippen LogP contribution in [0.15, 0.2) is 5.16 Å². The minimum atomic E-state index is -0.0359. The van der Waals surface area contributed by atoms with E-state index in [0.29, 0.717) is 6.42 Å². The topological polar surface area (TPSA) is 78.9 Å². The number of amides is 1. The second kappa shape index (κ2) is 8.90. The van der Waals surface area contributed by atoms with E-state index in [-0.39, 0.29) is 23.7 Å². The molecule has 0 spiro atoms. The van der Waals surface area contributed by atoms with Crippen molar-refractivity contribution in [3.8, 4) is 0 Å². The molecule has 5 heteroatoms. The van der Waals surface area contributed by atoms with Crippen LogP contribution in [0.2, 0.25) is 0 Å². The first-order valence-electron chi connectivity index (χ1n) is 8.22. The van der Waals surface area contributed by atoms with Crippen molar-refractivity contribution in [1.82, 2.24) is 4.90 Å². The van der Waals surface area contributed by atoms with Crippen LogP contribution in [-0.4, -0.2) is 34.9 Å². The number of carbonyl (C=O) groups is 1. The first kappa shape index (κ1) is 17.8. The van der Waals surface area contributed by atoms with Crippen LogP contribution in [0, 0.1) is 11.8 Å². The summed E-state index contributed by atoms with van der Waals surface area (Å²) in [5.74, 6) is 1.35. The highest BCUT2D eigenvalue weighted by atomic mass is 16.4. The summed E-state index contributed by atoms with van der Waals surface area (Å²) in [7, 11) is 1.82. The molecule has 1 rings (SSSR count). The van der Waals surface area contributed by atoms with Gasteiger partial charge in [-0.2, -0.15) is 0 Å². The summed E-state index contributed by atoms with van der Waals surface area (Å²) >= 11 is 0. The number of hydrogen-bond acceptors (Lipinski definition) is 3. The third-order valence-corrected chi connectivity index (χ3v) is 4.80. The molecule has 1 amide bonds. The zero-order valence-corrected chi connectivity index (χ0v) is 13.7. The molecule has 0 aliphatic heterocycles. The van der Waals surface area contributed by atoms with Gasteiger partial charge >= 0.3 is 0 Å². The fourth-order valence-corrected chi connectivity index (χ4v) is 3.18. The van der Waals surface area contributed by atoms with Gasteiger partial charge in [-0.1, -0.05) is 31.3 Å². The molecular formula is C16H31N3O2. The molecule has 5 nitrogen and oxygen atoms in total. The molecule has 3 N–H and O–H groups in total. The van der Waals surface area contributed by atoms with E-state index in [1.807, 2.05) is 14.0 Å². The summed E-state index contributed by atoms with van der Waals surface area (Å²) in [4.78, 5) is 14.3. The monoisotopic (exact) mass is 297 g/mol. The van der Waals surface area contributed by atoms with Crippen LogP contribution in [0.4, 0.5) is 0 Å². The van der Waals surface area contributed by atoms with Gasteiger partial charge in [0.1, 0.15) is 5.84 Å². The van der Waals surface area contributed by atoms with Gasteiger partial charge in [-0.3, -0.25) is 4.79 Å². The van der Waals surface area contributed by atoms with Crippen molar-refractivity contribution in [3.05, 3.63) is 0 Å². The first-order chi connectivity index (χ1) is 9.99. The van der Waals surface area contributed by atoms with E-state index >= 15 is 0 Å². The molecule has 0 aromatic carbocycles. The van der Waals surface area contributed by atoms with Crippen molar-refractivity contribution in [2.75, 3.05) is 7.05 Å². The summed E-state index contributed by atoms with van der Waals surface area (Å²) in [6, 6.07) is -0.0359. The van der Waals surface area contributed by atoms with Crippen molar-refractivity contribution in [3.63, 3.8) is 0 Å². The lowest BCUT2D eigenvalue weighted by Crippen LogP contribution is -2.42. The van der Waals surface area contributed by atoms with Crippen LogP contribution in [0.25, 0.3) is 0 Å². The van der Waals surface area contributed by atoms with Gasteiger partial charge in [0.15, 0.2) is 0 Å². The van der Waals surface area contributed by atoms with E-state index in [2.05, 4.69) is 12.1 Å². The van der Waals surface area contributed by atoms with Gasteiger partial charge < -0.3 is 15.8 Å². The molecule has 1 saturated carbocycles. The molecule has 122 valence electrons. The van der Waals surface area contributed by atoms with Crippen molar-refractivity contribution >= 4 is 11.7 Å². The Bertz CT molecular complexity index is 349. The van der Waals surface area contributed by atoms with Crippen molar-refractivity contribution in [1.29, 1.82) is 0 Å². The van der Waals surface area contributed by atoms with Crippen LogP contribution in [0.3, 0.4) is 0 Å². The van der Waals surface area contributed by atoms with Gasteiger partial charge in [0.05, 0.1) is 0 Å². The molecule has 1 aliphatic carbocycles. The molecule has 0 aromatic rings. The Kier molecular flexibility index (Phi) is 7.54. The molecule has 1 atom stereocenters. The lowest BCUT2D eigenvalue weighted by Gasteiger charge is -2.33.